The van der Waals surface area contributed by atoms with Gasteiger partial charge in [0.25, 0.3) is 0 Å². The van der Waals surface area contributed by atoms with E-state index in [2.05, 4.69) is 15.9 Å². The topological polar surface area (TPSA) is 26.3 Å². The largest absolute Gasteiger partial charge is 0.496 e. The summed E-state index contributed by atoms with van der Waals surface area (Å²) in [7, 11) is 1.57. The molecule has 82 valence electrons. The molecule has 0 aromatic heterocycles. The summed E-state index contributed by atoms with van der Waals surface area (Å²) < 4.78 is 5.15. The predicted octanol–water partition coefficient (Wildman–Crippen LogP) is 3.30. The zero-order valence-electron chi connectivity index (χ0n) is 9.16. The lowest BCUT2D eigenvalue weighted by Crippen LogP contribution is -2.20. The first-order valence-corrected chi connectivity index (χ1v) is 5.80. The Morgan fingerprint density at radius 3 is 2.47 bits per heavy atom. The van der Waals surface area contributed by atoms with Gasteiger partial charge in [-0.05, 0) is 18.1 Å². The van der Waals surface area contributed by atoms with E-state index < -0.39 is 0 Å². The van der Waals surface area contributed by atoms with Gasteiger partial charge in [-0.25, -0.2) is 0 Å². The summed E-state index contributed by atoms with van der Waals surface area (Å²) in [4.78, 5) is 11.9. The molecule has 1 atom stereocenters. The number of hydrogen-bond acceptors (Lipinski definition) is 2. The summed E-state index contributed by atoms with van der Waals surface area (Å²) in [5, 5.41) is 0. The van der Waals surface area contributed by atoms with Gasteiger partial charge in [-0.15, -0.1) is 0 Å². The number of methoxy groups -OCH3 is 1. The van der Waals surface area contributed by atoms with E-state index in [0.29, 0.717) is 11.3 Å². The monoisotopic (exact) mass is 270 g/mol. The third-order valence-electron chi connectivity index (χ3n) is 2.21. The maximum atomic E-state index is 12.0. The van der Waals surface area contributed by atoms with Crippen LogP contribution in [0.2, 0.25) is 0 Å². The van der Waals surface area contributed by atoms with Crippen molar-refractivity contribution in [3.05, 3.63) is 29.8 Å². The van der Waals surface area contributed by atoms with Crippen LogP contribution >= 0.6 is 15.9 Å². The molecule has 0 saturated heterocycles. The van der Waals surface area contributed by atoms with Crippen molar-refractivity contribution in [1.29, 1.82) is 0 Å². The zero-order chi connectivity index (χ0) is 11.4. The molecule has 2 nitrogen and oxygen atoms in total. The van der Waals surface area contributed by atoms with Crippen molar-refractivity contribution in [3.63, 3.8) is 0 Å². The van der Waals surface area contributed by atoms with Gasteiger partial charge in [0.05, 0.1) is 17.5 Å². The molecule has 0 heterocycles. The SMILES string of the molecule is COc1ccccc1C(=O)C(Br)C(C)C. The number of ether oxygens (including phenoxy) is 1. The molecule has 1 rings (SSSR count). The van der Waals surface area contributed by atoms with Crippen molar-refractivity contribution in [2.75, 3.05) is 7.11 Å². The lowest BCUT2D eigenvalue weighted by Gasteiger charge is -2.14. The van der Waals surface area contributed by atoms with Crippen LogP contribution in [0.1, 0.15) is 24.2 Å². The molecule has 0 aliphatic carbocycles. The number of alkyl halides is 1. The van der Waals surface area contributed by atoms with Crippen molar-refractivity contribution >= 4 is 21.7 Å². The second-order valence-electron chi connectivity index (χ2n) is 3.71. The van der Waals surface area contributed by atoms with Gasteiger partial charge in [0.15, 0.2) is 5.78 Å². The number of halogens is 1. The second-order valence-corrected chi connectivity index (χ2v) is 4.70. The summed E-state index contributed by atoms with van der Waals surface area (Å²) >= 11 is 3.40. The third kappa shape index (κ3) is 2.81. The molecular formula is C12H15BrO2. The Labute approximate surface area is 98.8 Å². The van der Waals surface area contributed by atoms with Crippen molar-refractivity contribution in [2.45, 2.75) is 18.7 Å². The molecule has 1 unspecified atom stereocenters. The van der Waals surface area contributed by atoms with Gasteiger partial charge in [0, 0.05) is 0 Å². The first-order valence-electron chi connectivity index (χ1n) is 4.89. The third-order valence-corrected chi connectivity index (χ3v) is 3.68. The number of benzene rings is 1. The van der Waals surface area contributed by atoms with Gasteiger partial charge < -0.3 is 4.74 Å². The summed E-state index contributed by atoms with van der Waals surface area (Å²) in [5.41, 5.74) is 0.635. The van der Waals surface area contributed by atoms with E-state index in [1.54, 1.807) is 19.2 Å². The molecule has 0 N–H and O–H groups in total. The standard InChI is InChI=1S/C12H15BrO2/c1-8(2)11(13)12(14)9-6-4-5-7-10(9)15-3/h4-8,11H,1-3H3. The fraction of sp³-hybridized carbons (Fsp3) is 0.417. The molecule has 15 heavy (non-hydrogen) atoms. The Morgan fingerprint density at radius 2 is 1.93 bits per heavy atom. The lowest BCUT2D eigenvalue weighted by molar-refractivity contribution is 0.0975. The highest BCUT2D eigenvalue weighted by Crippen LogP contribution is 2.24. The summed E-state index contributed by atoms with van der Waals surface area (Å²) in [6.45, 7) is 4.01. The minimum atomic E-state index is -0.159. The fourth-order valence-corrected chi connectivity index (χ4v) is 1.55. The molecule has 0 spiro atoms. The lowest BCUT2D eigenvalue weighted by atomic mass is 10.0. The number of carbonyl (C=O) groups is 1. The summed E-state index contributed by atoms with van der Waals surface area (Å²) in [6, 6.07) is 7.29. The van der Waals surface area contributed by atoms with Crippen LogP contribution in [0.15, 0.2) is 24.3 Å². The molecule has 0 aliphatic rings. The van der Waals surface area contributed by atoms with Crippen LogP contribution in [0.4, 0.5) is 0 Å². The van der Waals surface area contributed by atoms with E-state index in [1.807, 2.05) is 26.0 Å². The van der Waals surface area contributed by atoms with Crippen molar-refractivity contribution in [1.82, 2.24) is 0 Å². The van der Waals surface area contributed by atoms with Crippen LogP contribution < -0.4 is 4.74 Å². The van der Waals surface area contributed by atoms with Crippen molar-refractivity contribution in [2.24, 2.45) is 5.92 Å². The Hall–Kier alpha value is -0.830. The molecule has 0 aliphatic heterocycles. The van der Waals surface area contributed by atoms with E-state index in [1.165, 1.54) is 0 Å². The van der Waals surface area contributed by atoms with E-state index in [0.717, 1.165) is 0 Å². The van der Waals surface area contributed by atoms with Crippen LogP contribution in [0, 0.1) is 5.92 Å². The number of hydrogen-bond donors (Lipinski definition) is 0. The van der Waals surface area contributed by atoms with Crippen LogP contribution in [-0.2, 0) is 0 Å². The minimum Gasteiger partial charge on any atom is -0.496 e. The smallest absolute Gasteiger partial charge is 0.180 e. The van der Waals surface area contributed by atoms with E-state index in [9.17, 15) is 4.79 Å². The Bertz CT molecular complexity index is 347. The van der Waals surface area contributed by atoms with Gasteiger partial charge in [0.2, 0.25) is 0 Å². The molecule has 3 heteroatoms. The highest BCUT2D eigenvalue weighted by atomic mass is 79.9. The fourth-order valence-electron chi connectivity index (χ4n) is 1.30. The van der Waals surface area contributed by atoms with E-state index in [-0.39, 0.29) is 16.5 Å². The van der Waals surface area contributed by atoms with Crippen LogP contribution in [-0.4, -0.2) is 17.7 Å². The predicted molar refractivity (Wildman–Crippen MR) is 64.9 cm³/mol. The summed E-state index contributed by atoms with van der Waals surface area (Å²) in [6.07, 6.45) is 0. The van der Waals surface area contributed by atoms with Crippen LogP contribution in [0.5, 0.6) is 5.75 Å². The first kappa shape index (κ1) is 12.2. The minimum absolute atomic E-state index is 0.0717. The quantitative estimate of drug-likeness (QED) is 0.620. The highest BCUT2D eigenvalue weighted by Gasteiger charge is 2.22. The molecule has 0 saturated carbocycles. The number of Topliss-reactive ketones (excluding diaryl/α,β-unsaturated/α-hetero) is 1. The van der Waals surface area contributed by atoms with Gasteiger partial charge in [-0.2, -0.15) is 0 Å². The van der Waals surface area contributed by atoms with Crippen LogP contribution in [0.25, 0.3) is 0 Å². The Kier molecular flexibility index (Phi) is 4.33. The molecule has 1 aromatic rings. The van der Waals surface area contributed by atoms with Gasteiger partial charge in [-0.1, -0.05) is 41.9 Å². The number of para-hydroxylation sites is 1. The second kappa shape index (κ2) is 5.31. The van der Waals surface area contributed by atoms with E-state index in [4.69, 9.17) is 4.74 Å². The molecular weight excluding hydrogens is 256 g/mol. The number of ketones is 1. The zero-order valence-corrected chi connectivity index (χ0v) is 10.7. The van der Waals surface area contributed by atoms with Crippen LogP contribution in [0.3, 0.4) is 0 Å². The molecule has 1 aromatic carbocycles. The first-order chi connectivity index (χ1) is 7.07. The maximum Gasteiger partial charge on any atom is 0.180 e. The van der Waals surface area contributed by atoms with Gasteiger partial charge >= 0.3 is 0 Å². The number of rotatable bonds is 4. The summed E-state index contributed by atoms with van der Waals surface area (Å²) in [5.74, 6) is 0.970. The molecule has 0 radical (unpaired) electrons. The average molecular weight is 271 g/mol. The number of carbonyl (C=O) groups excluding carboxylic acids is 1. The van der Waals surface area contributed by atoms with Gasteiger partial charge in [0.1, 0.15) is 5.75 Å². The Balaban J connectivity index is 3.00. The van der Waals surface area contributed by atoms with Crippen molar-refractivity contribution < 1.29 is 9.53 Å². The highest BCUT2D eigenvalue weighted by molar-refractivity contribution is 9.10. The molecule has 0 amide bonds. The van der Waals surface area contributed by atoms with Crippen molar-refractivity contribution in [3.8, 4) is 5.75 Å². The normalized spacial score (nSPS) is 12.6. The molecule has 0 fully saturated rings. The average Bonchev–Trinajstić information content (AvgIpc) is 2.26. The maximum absolute atomic E-state index is 12.0. The van der Waals surface area contributed by atoms with E-state index >= 15 is 0 Å². The Morgan fingerprint density at radius 1 is 1.33 bits per heavy atom. The molecule has 0 bridgehead atoms. The van der Waals surface area contributed by atoms with Gasteiger partial charge in [-0.3, -0.25) is 4.79 Å².